The van der Waals surface area contributed by atoms with Gasteiger partial charge in [-0.05, 0) is 13.8 Å². The van der Waals surface area contributed by atoms with Gasteiger partial charge in [-0.25, -0.2) is 19.1 Å². The Labute approximate surface area is 176 Å². The molecule has 160 valence electrons. The Morgan fingerprint density at radius 1 is 1.11 bits per heavy atom. The molecule has 0 atom stereocenters. The molecule has 1 aromatic rings. The van der Waals surface area contributed by atoms with Crippen LogP contribution in [-0.4, -0.2) is 90.9 Å². The van der Waals surface area contributed by atoms with E-state index in [1.165, 1.54) is 24.9 Å². The average molecular weight is 416 g/mol. The van der Waals surface area contributed by atoms with Gasteiger partial charge in [0.1, 0.15) is 39.6 Å². The van der Waals surface area contributed by atoms with E-state index in [0.29, 0.717) is 11.4 Å². The van der Waals surface area contributed by atoms with Crippen molar-refractivity contribution in [1.82, 2.24) is 14.9 Å². The summed E-state index contributed by atoms with van der Waals surface area (Å²) in [6.07, 6.45) is 9.96. The summed E-state index contributed by atoms with van der Waals surface area (Å²) in [5.41, 5.74) is 6.39. The number of aromatic nitrogens is 2. The van der Waals surface area contributed by atoms with Crippen LogP contribution in [0, 0.1) is 12.3 Å². The second-order valence-electron chi connectivity index (χ2n) is 6.14. The van der Waals surface area contributed by atoms with Crippen LogP contribution in [0.4, 0.5) is 0 Å². The number of allylic oxidation sites excluding steroid dienone is 1. The van der Waals surface area contributed by atoms with Crippen molar-refractivity contribution in [2.24, 2.45) is 5.73 Å². The summed E-state index contributed by atoms with van der Waals surface area (Å²) >= 11 is 0. The van der Waals surface area contributed by atoms with Crippen LogP contribution >= 0.6 is 12.4 Å². The van der Waals surface area contributed by atoms with Gasteiger partial charge in [-0.2, -0.15) is 0 Å². The summed E-state index contributed by atoms with van der Waals surface area (Å²) in [5.74, 6) is 0.848. The zero-order chi connectivity index (χ0) is 20.7. The Balaban J connectivity index is -0.000000168. The minimum atomic E-state index is 0. The molecule has 0 unspecified atom stereocenters. The highest BCUT2D eigenvalue weighted by Gasteiger charge is 1.99. The summed E-state index contributed by atoms with van der Waals surface area (Å²) in [4.78, 5) is 19.7. The molecule has 0 amide bonds. The maximum Gasteiger partial charge on any atom is 0.177 e. The van der Waals surface area contributed by atoms with Crippen LogP contribution in [0.2, 0.25) is 0 Å². The molecule has 0 aliphatic rings. The number of carbonyl (C=O) groups excluding carboxylic acids is 1. The number of aryl methyl sites for hydroxylation is 1. The average Bonchev–Trinajstić information content (AvgIpc) is 2.46. The first-order valence-corrected chi connectivity index (χ1v) is 7.93. The van der Waals surface area contributed by atoms with Crippen LogP contribution in [0.3, 0.4) is 0 Å². The molecular formula is C19H38ClN7O+2. The lowest BCUT2D eigenvalue weighted by atomic mass is 10.3. The highest BCUT2D eigenvalue weighted by molar-refractivity contribution is 6.00. The number of nitrogens with one attached hydrogen (secondary N) is 1. The number of carbonyl (C=O) groups is 1. The number of hydrogen-bond donors (Lipinski definition) is 2. The first-order chi connectivity index (χ1) is 12.0. The number of hydrogen-bond acceptors (Lipinski definition) is 5. The van der Waals surface area contributed by atoms with E-state index >= 15 is 0 Å². The predicted octanol–water partition coefficient (Wildman–Crippen LogP) is 1.72. The van der Waals surface area contributed by atoms with Crippen molar-refractivity contribution in [1.29, 1.82) is 5.41 Å². The van der Waals surface area contributed by atoms with Crippen molar-refractivity contribution in [3.63, 3.8) is 0 Å². The molecule has 0 aliphatic heterocycles. The van der Waals surface area contributed by atoms with Crippen molar-refractivity contribution >= 4 is 37.0 Å². The quantitative estimate of drug-likeness (QED) is 0.337. The number of amidine groups is 1. The predicted molar refractivity (Wildman–Crippen MR) is 122 cm³/mol. The van der Waals surface area contributed by atoms with Crippen LogP contribution in [0.15, 0.2) is 24.2 Å². The molecule has 0 spiro atoms. The number of halogens is 1. The van der Waals surface area contributed by atoms with Crippen molar-refractivity contribution < 1.29 is 13.9 Å². The van der Waals surface area contributed by atoms with Crippen molar-refractivity contribution in [2.75, 3.05) is 42.3 Å². The fourth-order valence-electron chi connectivity index (χ4n) is 1.46. The summed E-state index contributed by atoms with van der Waals surface area (Å²) in [6, 6.07) is 0. The van der Waals surface area contributed by atoms with Gasteiger partial charge in [0.25, 0.3) is 0 Å². The molecule has 0 bridgehead atoms. The van der Waals surface area contributed by atoms with Gasteiger partial charge >= 0.3 is 0 Å². The molecular weight excluding hydrogens is 378 g/mol. The molecule has 9 heteroatoms. The maximum absolute atomic E-state index is 10.0. The van der Waals surface area contributed by atoms with E-state index in [1.807, 2.05) is 56.3 Å². The topological polar surface area (TPSA) is 102 Å². The van der Waals surface area contributed by atoms with E-state index in [9.17, 15) is 4.79 Å². The van der Waals surface area contributed by atoms with E-state index in [-0.39, 0.29) is 25.7 Å². The first-order valence-electron chi connectivity index (χ1n) is 7.93. The van der Waals surface area contributed by atoms with Gasteiger partial charge in [0.15, 0.2) is 18.7 Å². The third-order valence-electron chi connectivity index (χ3n) is 2.16. The largest absolute Gasteiger partial charge is 0.388 e. The lowest BCUT2D eigenvalue weighted by Crippen LogP contribution is -2.11. The zero-order valence-electron chi connectivity index (χ0n) is 17.6. The SMILES string of the molecule is C.CC(=N)N.CN(C)C=C(C=[N+](C)C)C=[N+](C)C.Cc1ncc(C=O)cn1.Cl. The number of rotatable bonds is 4. The Hall–Kier alpha value is -2.61. The van der Waals surface area contributed by atoms with Crippen molar-refractivity contribution in [3.8, 4) is 0 Å². The van der Waals surface area contributed by atoms with Crippen LogP contribution < -0.4 is 5.73 Å². The molecule has 1 heterocycles. The van der Waals surface area contributed by atoms with E-state index in [4.69, 9.17) is 11.1 Å². The Bertz CT molecular complexity index is 619. The second-order valence-corrected chi connectivity index (χ2v) is 6.14. The maximum atomic E-state index is 10.0. The van der Waals surface area contributed by atoms with Crippen molar-refractivity contribution in [2.45, 2.75) is 21.3 Å². The minimum Gasteiger partial charge on any atom is -0.388 e. The van der Waals surface area contributed by atoms with Gasteiger partial charge < -0.3 is 10.6 Å². The minimum absolute atomic E-state index is 0. The van der Waals surface area contributed by atoms with Gasteiger partial charge in [0.05, 0.1) is 11.4 Å². The summed E-state index contributed by atoms with van der Waals surface area (Å²) in [5, 5.41) is 6.28. The third-order valence-corrected chi connectivity index (χ3v) is 2.16. The standard InChI is InChI=1S/C10H21N3.C6H6N2O.C2H6N2.CH4.ClH/c1-11(2)7-10(8-12(3)4)9-13(5)6;1-5-7-2-6(4-9)3-8-5;1-2(3)4;;/h7-9H,1-6H3;2-4H,1H3;1H3,(H3,3,4);1H4;1H/q+2;;;;. The Kier molecular flexibility index (Phi) is 22.6. The molecule has 0 saturated carbocycles. The lowest BCUT2D eigenvalue weighted by Gasteiger charge is -2.03. The second kappa shape index (κ2) is 19.2. The fourth-order valence-corrected chi connectivity index (χ4v) is 1.46. The van der Waals surface area contributed by atoms with E-state index in [1.54, 1.807) is 6.92 Å². The summed E-state index contributed by atoms with van der Waals surface area (Å²) in [6.45, 7) is 3.30. The zero-order valence-corrected chi connectivity index (χ0v) is 18.4. The molecule has 1 rings (SSSR count). The highest BCUT2D eigenvalue weighted by Crippen LogP contribution is 1.89. The smallest absolute Gasteiger partial charge is 0.177 e. The monoisotopic (exact) mass is 415 g/mol. The third kappa shape index (κ3) is 25.6. The molecule has 0 aromatic carbocycles. The summed E-state index contributed by atoms with van der Waals surface area (Å²) < 4.78 is 4.07. The van der Waals surface area contributed by atoms with Gasteiger partial charge in [0, 0.05) is 32.7 Å². The lowest BCUT2D eigenvalue weighted by molar-refractivity contribution is -0.462. The molecule has 8 nitrogen and oxygen atoms in total. The van der Waals surface area contributed by atoms with Gasteiger partial charge in [-0.3, -0.25) is 10.2 Å². The van der Waals surface area contributed by atoms with Gasteiger partial charge in [-0.1, -0.05) is 7.43 Å². The van der Waals surface area contributed by atoms with Crippen LogP contribution in [-0.2, 0) is 0 Å². The van der Waals surface area contributed by atoms with Crippen LogP contribution in [0.1, 0.15) is 30.5 Å². The first kappa shape index (κ1) is 33.0. The number of nitrogens with zero attached hydrogens (tertiary/aromatic N) is 5. The number of aldehydes is 1. The van der Waals surface area contributed by atoms with Crippen LogP contribution in [0.5, 0.6) is 0 Å². The molecule has 0 fully saturated rings. The van der Waals surface area contributed by atoms with Gasteiger partial charge in [0.2, 0.25) is 0 Å². The van der Waals surface area contributed by atoms with Crippen molar-refractivity contribution in [3.05, 3.63) is 35.6 Å². The summed E-state index contributed by atoms with van der Waals surface area (Å²) in [7, 11) is 12.1. The molecule has 28 heavy (non-hydrogen) atoms. The molecule has 1 aromatic heterocycles. The van der Waals surface area contributed by atoms with E-state index in [2.05, 4.69) is 28.6 Å². The molecule has 0 radical (unpaired) electrons. The molecule has 0 saturated heterocycles. The van der Waals surface area contributed by atoms with Gasteiger partial charge in [-0.15, -0.1) is 12.4 Å². The normalized spacial score (nSPS) is 7.86. The van der Waals surface area contributed by atoms with E-state index < -0.39 is 0 Å². The molecule has 3 N–H and O–H groups in total. The van der Waals surface area contributed by atoms with E-state index in [0.717, 1.165) is 6.29 Å². The molecule has 0 aliphatic carbocycles. The van der Waals surface area contributed by atoms with Crippen LogP contribution in [0.25, 0.3) is 0 Å². The number of nitrogens with two attached hydrogens (primary N) is 1. The Morgan fingerprint density at radius 3 is 1.71 bits per heavy atom. The Morgan fingerprint density at radius 2 is 1.46 bits per heavy atom. The highest BCUT2D eigenvalue weighted by atomic mass is 35.5. The fraction of sp³-hybridized carbons (Fsp3) is 0.474.